The summed E-state index contributed by atoms with van der Waals surface area (Å²) in [6.07, 6.45) is 8.18. The Kier molecular flexibility index (Phi) is 5.06. The quantitative estimate of drug-likeness (QED) is 0.402. The first-order valence-electron chi connectivity index (χ1n) is 7.25. The van der Waals surface area contributed by atoms with Crippen molar-refractivity contribution in [3.63, 3.8) is 0 Å². The monoisotopic (exact) mass is 266 g/mol. The van der Waals surface area contributed by atoms with Crippen molar-refractivity contribution in [3.8, 4) is 0 Å². The molecule has 2 rings (SSSR count). The van der Waals surface area contributed by atoms with Crippen LogP contribution in [-0.2, 0) is 14.2 Å². The minimum atomic E-state index is 0.0776. The number of hydrogen-bond acceptors (Lipinski definition) is 3. The average molecular weight is 266 g/mol. The summed E-state index contributed by atoms with van der Waals surface area (Å²) in [5, 5.41) is 0. The van der Waals surface area contributed by atoms with Gasteiger partial charge in [-0.2, -0.15) is 0 Å². The van der Waals surface area contributed by atoms with Gasteiger partial charge in [0.25, 0.3) is 0 Å². The fourth-order valence-corrected chi connectivity index (χ4v) is 2.55. The van der Waals surface area contributed by atoms with Crippen LogP contribution >= 0.6 is 0 Å². The minimum Gasteiger partial charge on any atom is -0.499 e. The van der Waals surface area contributed by atoms with E-state index in [1.165, 1.54) is 19.3 Å². The lowest BCUT2D eigenvalue weighted by Gasteiger charge is -2.18. The second-order valence-corrected chi connectivity index (χ2v) is 5.80. The predicted octanol–water partition coefficient (Wildman–Crippen LogP) is 3.46. The van der Waals surface area contributed by atoms with Crippen LogP contribution in [0.5, 0.6) is 0 Å². The molecule has 0 aromatic heterocycles. The molecule has 4 atom stereocenters. The standard InChI is InChI=1S/C16H26O3/c1-11(2)12(3)18-10-14(17-4)7-5-13-6-8-15-16(9-13)19-15/h7,12-13,15-16H,1,5-6,8-10H2,2-4H3/b14-7+. The molecule has 19 heavy (non-hydrogen) atoms. The molecule has 2 fully saturated rings. The molecule has 1 heterocycles. The highest BCUT2D eigenvalue weighted by Gasteiger charge is 2.43. The van der Waals surface area contributed by atoms with Gasteiger partial charge in [0.05, 0.1) is 25.4 Å². The van der Waals surface area contributed by atoms with Crippen LogP contribution < -0.4 is 0 Å². The van der Waals surface area contributed by atoms with Crippen LogP contribution in [-0.4, -0.2) is 32.0 Å². The summed E-state index contributed by atoms with van der Waals surface area (Å²) >= 11 is 0. The van der Waals surface area contributed by atoms with Crippen LogP contribution in [0.4, 0.5) is 0 Å². The Morgan fingerprint density at radius 3 is 2.84 bits per heavy atom. The van der Waals surface area contributed by atoms with E-state index in [0.29, 0.717) is 18.8 Å². The number of allylic oxidation sites excluding steroid dienone is 1. The van der Waals surface area contributed by atoms with Gasteiger partial charge in [-0.15, -0.1) is 0 Å². The van der Waals surface area contributed by atoms with E-state index in [4.69, 9.17) is 14.2 Å². The summed E-state index contributed by atoms with van der Waals surface area (Å²) in [6.45, 7) is 8.42. The number of methoxy groups -OCH3 is 1. The molecule has 3 heteroatoms. The van der Waals surface area contributed by atoms with Crippen LogP contribution in [0.15, 0.2) is 24.0 Å². The molecule has 0 bridgehead atoms. The zero-order valence-corrected chi connectivity index (χ0v) is 12.4. The van der Waals surface area contributed by atoms with Gasteiger partial charge in [-0.1, -0.05) is 12.2 Å². The van der Waals surface area contributed by atoms with Crippen molar-refractivity contribution in [2.75, 3.05) is 13.7 Å². The topological polar surface area (TPSA) is 31.0 Å². The molecule has 1 aliphatic carbocycles. The number of rotatable bonds is 7. The Labute approximate surface area is 116 Å². The third-order valence-electron chi connectivity index (χ3n) is 4.22. The Balaban J connectivity index is 1.73. The summed E-state index contributed by atoms with van der Waals surface area (Å²) in [6, 6.07) is 0. The van der Waals surface area contributed by atoms with E-state index in [1.54, 1.807) is 7.11 Å². The molecule has 0 amide bonds. The van der Waals surface area contributed by atoms with Gasteiger partial charge in [0.1, 0.15) is 12.4 Å². The van der Waals surface area contributed by atoms with Gasteiger partial charge < -0.3 is 14.2 Å². The summed E-state index contributed by atoms with van der Waals surface area (Å²) in [4.78, 5) is 0. The number of fused-ring (bicyclic) bond motifs is 1. The summed E-state index contributed by atoms with van der Waals surface area (Å²) in [7, 11) is 1.71. The van der Waals surface area contributed by atoms with Gasteiger partial charge in [0.15, 0.2) is 0 Å². The maximum Gasteiger partial charge on any atom is 0.117 e. The molecule has 1 saturated heterocycles. The molecule has 108 valence electrons. The molecule has 4 unspecified atom stereocenters. The molecule has 0 spiro atoms. The van der Waals surface area contributed by atoms with Crippen LogP contribution in [0, 0.1) is 5.92 Å². The summed E-state index contributed by atoms with van der Waals surface area (Å²) in [5.41, 5.74) is 1.04. The highest BCUT2D eigenvalue weighted by molar-refractivity contribution is 5.00. The van der Waals surface area contributed by atoms with Crippen molar-refractivity contribution in [2.45, 2.75) is 57.8 Å². The van der Waals surface area contributed by atoms with Gasteiger partial charge in [0, 0.05) is 0 Å². The van der Waals surface area contributed by atoms with Crippen LogP contribution in [0.3, 0.4) is 0 Å². The third kappa shape index (κ3) is 4.36. The van der Waals surface area contributed by atoms with E-state index in [9.17, 15) is 0 Å². The zero-order chi connectivity index (χ0) is 13.8. The first kappa shape index (κ1) is 14.6. The summed E-state index contributed by atoms with van der Waals surface area (Å²) < 4.78 is 16.7. The normalized spacial score (nSPS) is 31.5. The molecule has 3 nitrogen and oxygen atoms in total. The SMILES string of the molecule is C=C(C)C(C)OC/C(=C\CC1CCC2OC2C1)OC. The van der Waals surface area contributed by atoms with Gasteiger partial charge in [0.2, 0.25) is 0 Å². The highest BCUT2D eigenvalue weighted by Crippen LogP contribution is 2.40. The largest absolute Gasteiger partial charge is 0.499 e. The van der Waals surface area contributed by atoms with Crippen molar-refractivity contribution in [1.82, 2.24) is 0 Å². The molecule has 0 radical (unpaired) electrons. The second kappa shape index (κ2) is 6.58. The van der Waals surface area contributed by atoms with Crippen molar-refractivity contribution in [2.24, 2.45) is 5.92 Å². The fraction of sp³-hybridized carbons (Fsp3) is 0.750. The smallest absolute Gasteiger partial charge is 0.117 e. The first-order valence-corrected chi connectivity index (χ1v) is 7.25. The second-order valence-electron chi connectivity index (χ2n) is 5.80. The molecule has 0 aromatic rings. The maximum absolute atomic E-state index is 5.71. The van der Waals surface area contributed by atoms with Gasteiger partial charge in [-0.25, -0.2) is 0 Å². The maximum atomic E-state index is 5.71. The van der Waals surface area contributed by atoms with Crippen molar-refractivity contribution < 1.29 is 14.2 Å². The molecule has 0 aromatic carbocycles. The fourth-order valence-electron chi connectivity index (χ4n) is 2.55. The van der Waals surface area contributed by atoms with Gasteiger partial charge >= 0.3 is 0 Å². The molecule has 1 aliphatic heterocycles. The lowest BCUT2D eigenvalue weighted by Crippen LogP contribution is -2.14. The Morgan fingerprint density at radius 2 is 2.21 bits per heavy atom. The van der Waals surface area contributed by atoms with Crippen molar-refractivity contribution in [1.29, 1.82) is 0 Å². The predicted molar refractivity (Wildman–Crippen MR) is 75.9 cm³/mol. The Morgan fingerprint density at radius 1 is 1.42 bits per heavy atom. The van der Waals surface area contributed by atoms with E-state index >= 15 is 0 Å². The number of epoxide rings is 1. The average Bonchev–Trinajstić information content (AvgIpc) is 3.16. The number of ether oxygens (including phenoxy) is 3. The lowest BCUT2D eigenvalue weighted by molar-refractivity contribution is 0.0776. The lowest BCUT2D eigenvalue weighted by atomic mass is 9.87. The van der Waals surface area contributed by atoms with Crippen LogP contribution in [0.25, 0.3) is 0 Å². The van der Waals surface area contributed by atoms with E-state index in [0.717, 1.165) is 23.7 Å². The Hall–Kier alpha value is -0.800. The Bertz CT molecular complexity index is 348. The zero-order valence-electron chi connectivity index (χ0n) is 12.4. The molecule has 2 aliphatic rings. The summed E-state index contributed by atoms with van der Waals surface area (Å²) in [5.74, 6) is 1.67. The van der Waals surface area contributed by atoms with E-state index in [-0.39, 0.29) is 6.10 Å². The minimum absolute atomic E-state index is 0.0776. The van der Waals surface area contributed by atoms with Crippen molar-refractivity contribution >= 4 is 0 Å². The number of hydrogen-bond donors (Lipinski definition) is 0. The van der Waals surface area contributed by atoms with Crippen LogP contribution in [0.1, 0.15) is 39.5 Å². The third-order valence-corrected chi connectivity index (χ3v) is 4.22. The molecule has 1 saturated carbocycles. The molecular weight excluding hydrogens is 240 g/mol. The first-order chi connectivity index (χ1) is 9.10. The van der Waals surface area contributed by atoms with E-state index in [2.05, 4.69) is 12.7 Å². The molecule has 0 N–H and O–H groups in total. The highest BCUT2D eigenvalue weighted by atomic mass is 16.6. The van der Waals surface area contributed by atoms with Crippen LogP contribution in [0.2, 0.25) is 0 Å². The van der Waals surface area contributed by atoms with Crippen molar-refractivity contribution in [3.05, 3.63) is 24.0 Å². The van der Waals surface area contributed by atoms with E-state index in [1.807, 2.05) is 13.8 Å². The van der Waals surface area contributed by atoms with Gasteiger partial charge in [-0.3, -0.25) is 0 Å². The molecular formula is C16H26O3. The van der Waals surface area contributed by atoms with Gasteiger partial charge in [-0.05, 0) is 51.5 Å². The van der Waals surface area contributed by atoms with E-state index < -0.39 is 0 Å².